The Balaban J connectivity index is 1.79. The molecule has 27 heavy (non-hydrogen) atoms. The number of likely N-dealkylation sites (tertiary alicyclic amines) is 1. The Labute approximate surface area is 165 Å². The molecule has 1 aliphatic rings. The highest BCUT2D eigenvalue weighted by atomic mass is 32.2. The van der Waals surface area contributed by atoms with Crippen LogP contribution in [0.3, 0.4) is 0 Å². The highest BCUT2D eigenvalue weighted by Gasteiger charge is 2.23. The number of fused-ring (bicyclic) bond motifs is 1. The molecule has 0 radical (unpaired) electrons. The second kappa shape index (κ2) is 8.43. The van der Waals surface area contributed by atoms with Crippen molar-refractivity contribution in [2.45, 2.75) is 38.9 Å². The lowest BCUT2D eigenvalue weighted by molar-refractivity contribution is -0.127. The monoisotopic (exact) mass is 409 g/mol. The predicted octanol–water partition coefficient (Wildman–Crippen LogP) is 2.89. The lowest BCUT2D eigenvalue weighted by Crippen LogP contribution is -2.29. The van der Waals surface area contributed by atoms with Crippen LogP contribution in [0.4, 0.5) is 0 Å². The van der Waals surface area contributed by atoms with Crippen LogP contribution in [0.25, 0.3) is 10.2 Å². The molecule has 0 spiro atoms. The number of aromatic amines is 1. The number of esters is 1. The molecule has 0 aromatic carbocycles. The van der Waals surface area contributed by atoms with Crippen molar-refractivity contribution in [2.24, 2.45) is 0 Å². The third kappa shape index (κ3) is 4.19. The summed E-state index contributed by atoms with van der Waals surface area (Å²) in [7, 11) is 0. The van der Waals surface area contributed by atoms with Crippen LogP contribution in [0.15, 0.2) is 4.79 Å². The Bertz CT molecular complexity index is 915. The molecular weight excluding hydrogens is 386 g/mol. The number of hydrogen-bond donors (Lipinski definition) is 1. The van der Waals surface area contributed by atoms with Crippen LogP contribution in [0.1, 0.15) is 53.0 Å². The van der Waals surface area contributed by atoms with Gasteiger partial charge in [0.2, 0.25) is 5.91 Å². The highest BCUT2D eigenvalue weighted by Crippen LogP contribution is 2.31. The lowest BCUT2D eigenvalue weighted by Gasteiger charge is -2.16. The second-order valence-corrected chi connectivity index (χ2v) is 8.78. The molecule has 146 valence electrons. The van der Waals surface area contributed by atoms with Crippen LogP contribution >= 0.6 is 23.1 Å². The van der Waals surface area contributed by atoms with E-state index in [1.807, 2.05) is 11.8 Å². The van der Waals surface area contributed by atoms with Gasteiger partial charge in [0.15, 0.2) is 0 Å². The van der Waals surface area contributed by atoms with Crippen LogP contribution in [-0.2, 0) is 9.53 Å². The summed E-state index contributed by atoms with van der Waals surface area (Å²) in [5.41, 5.74) is 0.330. The predicted molar refractivity (Wildman–Crippen MR) is 108 cm³/mol. The van der Waals surface area contributed by atoms with Crippen molar-refractivity contribution in [1.29, 1.82) is 0 Å². The van der Waals surface area contributed by atoms with Gasteiger partial charge in [-0.2, -0.15) is 0 Å². The number of hydrogen-bond acceptors (Lipinski definition) is 7. The Morgan fingerprint density at radius 2 is 2.07 bits per heavy atom. The van der Waals surface area contributed by atoms with Crippen LogP contribution in [0.5, 0.6) is 0 Å². The number of carbonyl (C=O) groups is 2. The number of nitrogens with zero attached hydrogens (tertiary/aromatic N) is 2. The zero-order valence-electron chi connectivity index (χ0n) is 15.7. The third-order valence-corrected chi connectivity index (χ3v) is 6.88. The van der Waals surface area contributed by atoms with E-state index in [1.165, 1.54) is 23.1 Å². The van der Waals surface area contributed by atoms with Crippen LogP contribution in [0, 0.1) is 6.92 Å². The average Bonchev–Trinajstić information content (AvgIpc) is 3.28. The van der Waals surface area contributed by atoms with Crippen molar-refractivity contribution in [3.63, 3.8) is 0 Å². The van der Waals surface area contributed by atoms with Gasteiger partial charge in [0.25, 0.3) is 5.56 Å². The first-order chi connectivity index (χ1) is 12.9. The molecule has 1 aliphatic heterocycles. The molecule has 1 fully saturated rings. The second-order valence-electron chi connectivity index (χ2n) is 6.45. The van der Waals surface area contributed by atoms with Crippen LogP contribution in [0.2, 0.25) is 0 Å². The number of aryl methyl sites for hydroxylation is 1. The number of nitrogens with one attached hydrogen (secondary N) is 1. The minimum Gasteiger partial charge on any atom is -0.462 e. The lowest BCUT2D eigenvalue weighted by atomic mass is 10.2. The maximum absolute atomic E-state index is 12.5. The third-order valence-electron chi connectivity index (χ3n) is 4.58. The summed E-state index contributed by atoms with van der Waals surface area (Å²) in [5.74, 6) is 0.575. The fourth-order valence-corrected chi connectivity index (χ4v) is 5.00. The summed E-state index contributed by atoms with van der Waals surface area (Å²) in [6.07, 6.45) is 2.13. The molecule has 0 bridgehead atoms. The molecule has 1 saturated heterocycles. The van der Waals surface area contributed by atoms with E-state index in [9.17, 15) is 14.4 Å². The fourth-order valence-electron chi connectivity index (χ4n) is 3.08. The number of H-pyrrole nitrogens is 1. The number of aromatic nitrogens is 2. The Morgan fingerprint density at radius 1 is 1.37 bits per heavy atom. The van der Waals surface area contributed by atoms with Gasteiger partial charge in [-0.25, -0.2) is 9.78 Å². The summed E-state index contributed by atoms with van der Waals surface area (Å²) in [4.78, 5) is 47.0. The van der Waals surface area contributed by atoms with Crippen molar-refractivity contribution in [3.05, 3.63) is 26.6 Å². The first-order valence-electron chi connectivity index (χ1n) is 9.02. The van der Waals surface area contributed by atoms with Crippen LogP contribution in [-0.4, -0.2) is 52.2 Å². The van der Waals surface area contributed by atoms with E-state index in [0.29, 0.717) is 32.2 Å². The van der Waals surface area contributed by atoms with Gasteiger partial charge in [0, 0.05) is 13.1 Å². The fraction of sp³-hybridized carbons (Fsp3) is 0.556. The minimum atomic E-state index is -0.433. The van der Waals surface area contributed by atoms with E-state index in [0.717, 1.165) is 25.9 Å². The summed E-state index contributed by atoms with van der Waals surface area (Å²) in [6.45, 7) is 7.33. The van der Waals surface area contributed by atoms with Crippen molar-refractivity contribution in [2.75, 3.05) is 25.4 Å². The number of thiophene rings is 1. The zero-order valence-corrected chi connectivity index (χ0v) is 17.3. The maximum atomic E-state index is 12.5. The van der Waals surface area contributed by atoms with Gasteiger partial charge in [0.05, 0.1) is 23.0 Å². The summed E-state index contributed by atoms with van der Waals surface area (Å²) in [6, 6.07) is 0. The Hall–Kier alpha value is -1.87. The Morgan fingerprint density at radius 3 is 2.74 bits per heavy atom. The van der Waals surface area contributed by atoms with E-state index in [-0.39, 0.29) is 23.3 Å². The molecule has 1 amide bonds. The van der Waals surface area contributed by atoms with Gasteiger partial charge < -0.3 is 14.6 Å². The number of carbonyl (C=O) groups excluding carboxylic acids is 2. The number of rotatable bonds is 6. The quantitative estimate of drug-likeness (QED) is 0.738. The molecule has 0 unspecified atom stereocenters. The smallest absolute Gasteiger partial charge is 0.348 e. The Kier molecular flexibility index (Phi) is 6.21. The van der Waals surface area contributed by atoms with Crippen molar-refractivity contribution in [3.8, 4) is 0 Å². The molecule has 2 aromatic heterocycles. The van der Waals surface area contributed by atoms with Gasteiger partial charge in [-0.15, -0.1) is 23.1 Å². The van der Waals surface area contributed by atoms with Gasteiger partial charge in [0.1, 0.15) is 15.5 Å². The minimum absolute atomic E-state index is 0.129. The first kappa shape index (κ1) is 19.9. The molecule has 3 heterocycles. The molecular formula is C18H23N3O4S2. The maximum Gasteiger partial charge on any atom is 0.348 e. The van der Waals surface area contributed by atoms with Crippen molar-refractivity contribution >= 4 is 45.2 Å². The summed E-state index contributed by atoms with van der Waals surface area (Å²) in [5, 5.41) is 0.291. The number of ether oxygens (including phenoxy) is 1. The van der Waals surface area contributed by atoms with Gasteiger partial charge in [-0.3, -0.25) is 9.59 Å². The molecule has 3 rings (SSSR count). The normalized spacial score (nSPS) is 15.3. The molecule has 0 aliphatic carbocycles. The van der Waals surface area contributed by atoms with Crippen LogP contribution < -0.4 is 5.56 Å². The highest BCUT2D eigenvalue weighted by molar-refractivity contribution is 8.00. The van der Waals surface area contributed by atoms with E-state index >= 15 is 0 Å². The van der Waals surface area contributed by atoms with Gasteiger partial charge in [-0.05, 0) is 39.2 Å². The van der Waals surface area contributed by atoms with E-state index in [1.54, 1.807) is 13.8 Å². The summed E-state index contributed by atoms with van der Waals surface area (Å²) < 4.78 is 5.05. The van der Waals surface area contributed by atoms with Crippen molar-refractivity contribution in [1.82, 2.24) is 14.9 Å². The SMILES string of the molecule is CCOC(=O)c1sc2nc([C@H](C)SCC(=O)N3CCCC3)[nH]c(=O)c2c1C. The number of thioether (sulfide) groups is 1. The van der Waals surface area contributed by atoms with Crippen molar-refractivity contribution < 1.29 is 14.3 Å². The van der Waals surface area contributed by atoms with E-state index in [4.69, 9.17) is 4.74 Å². The zero-order chi connectivity index (χ0) is 19.6. The number of amides is 1. The standard InChI is InChI=1S/C18H23N3O4S2/c1-4-25-18(24)14-10(2)13-16(23)19-15(20-17(13)27-14)11(3)26-9-12(22)21-7-5-6-8-21/h11H,4-9H2,1-3H3,(H,19,20,23)/t11-/m0/s1. The van der Waals surface area contributed by atoms with E-state index in [2.05, 4.69) is 9.97 Å². The molecule has 7 nitrogen and oxygen atoms in total. The first-order valence-corrected chi connectivity index (χ1v) is 10.9. The average molecular weight is 410 g/mol. The molecule has 1 N–H and O–H groups in total. The molecule has 1 atom stereocenters. The molecule has 0 saturated carbocycles. The molecule has 9 heteroatoms. The van der Waals surface area contributed by atoms with E-state index < -0.39 is 5.97 Å². The van der Waals surface area contributed by atoms with Gasteiger partial charge in [-0.1, -0.05) is 0 Å². The topological polar surface area (TPSA) is 92.4 Å². The summed E-state index contributed by atoms with van der Waals surface area (Å²) >= 11 is 2.63. The molecule has 2 aromatic rings. The largest absolute Gasteiger partial charge is 0.462 e. The van der Waals surface area contributed by atoms with Gasteiger partial charge >= 0.3 is 5.97 Å².